The van der Waals surface area contributed by atoms with E-state index in [4.69, 9.17) is 0 Å². The second kappa shape index (κ2) is 9.97. The Bertz CT molecular complexity index is 406. The first-order valence-corrected chi connectivity index (χ1v) is 6.17. The van der Waals surface area contributed by atoms with E-state index in [1.165, 1.54) is 11.1 Å². The summed E-state index contributed by atoms with van der Waals surface area (Å²) in [6, 6.07) is 10.8. The molecule has 1 aromatic carbocycles. The Kier molecular flexibility index (Phi) is 11.3. The SMILES string of the molecule is CCC(CC)(C1=[C-]CC=C1)c1ccccc1.Cl.Cl.[Zr]. The maximum Gasteiger partial charge on any atom is 0 e. The number of rotatable bonds is 4. The molecule has 0 spiro atoms. The van der Waals surface area contributed by atoms with E-state index in [2.05, 4.69) is 62.4 Å². The van der Waals surface area contributed by atoms with Gasteiger partial charge in [0.2, 0.25) is 0 Å². The molecule has 1 aromatic rings. The predicted octanol–water partition coefficient (Wildman–Crippen LogP) is 5.27. The molecule has 0 bridgehead atoms. The number of benzene rings is 1. The van der Waals surface area contributed by atoms with E-state index < -0.39 is 0 Å². The average molecular weight is 375 g/mol. The third-order valence-corrected chi connectivity index (χ3v) is 3.74. The van der Waals surface area contributed by atoms with Gasteiger partial charge in [-0.05, 0) is 23.8 Å². The van der Waals surface area contributed by atoms with Crippen molar-refractivity contribution in [3.63, 3.8) is 0 Å². The predicted molar refractivity (Wildman–Crippen MR) is 83.7 cm³/mol. The van der Waals surface area contributed by atoms with Gasteiger partial charge in [-0.15, -0.1) is 31.2 Å². The van der Waals surface area contributed by atoms with Crippen LogP contribution in [0.2, 0.25) is 0 Å². The summed E-state index contributed by atoms with van der Waals surface area (Å²) in [4.78, 5) is 0. The first-order chi connectivity index (χ1) is 7.83. The Morgan fingerprint density at radius 1 is 1.05 bits per heavy atom. The van der Waals surface area contributed by atoms with Crippen molar-refractivity contribution >= 4 is 24.8 Å². The van der Waals surface area contributed by atoms with E-state index in [9.17, 15) is 0 Å². The molecule has 0 saturated carbocycles. The van der Waals surface area contributed by atoms with Gasteiger partial charge in [-0.3, -0.25) is 6.08 Å². The smallest absolute Gasteiger partial charge is 0 e. The standard InChI is InChI=1S/C16H19.2ClH.Zr/c1-3-16(4-2,15-12-8-9-13-15)14-10-6-5-7-11-14;;;/h5-8,10-12H,3-4,9H2,1-2H3;2*1H;/q-1;;;. The molecule has 0 fully saturated rings. The molecule has 0 amide bonds. The first-order valence-electron chi connectivity index (χ1n) is 6.17. The third-order valence-electron chi connectivity index (χ3n) is 3.74. The van der Waals surface area contributed by atoms with Crippen LogP contribution in [0.3, 0.4) is 0 Å². The average Bonchev–Trinajstić information content (AvgIpc) is 2.87. The van der Waals surface area contributed by atoms with Crippen LogP contribution >= 0.6 is 24.8 Å². The van der Waals surface area contributed by atoms with Gasteiger partial charge in [0.05, 0.1) is 0 Å². The zero-order valence-corrected chi connectivity index (χ0v) is 15.6. The summed E-state index contributed by atoms with van der Waals surface area (Å²) in [5, 5.41) is 0. The van der Waals surface area contributed by atoms with Gasteiger partial charge >= 0.3 is 0 Å². The van der Waals surface area contributed by atoms with Crippen molar-refractivity contribution < 1.29 is 26.2 Å². The molecular formula is C16H21Cl2Zr-. The molecule has 19 heavy (non-hydrogen) atoms. The molecule has 1 aliphatic carbocycles. The fourth-order valence-electron chi connectivity index (χ4n) is 2.69. The van der Waals surface area contributed by atoms with E-state index in [-0.39, 0.29) is 56.4 Å². The van der Waals surface area contributed by atoms with E-state index in [1.807, 2.05) is 0 Å². The van der Waals surface area contributed by atoms with E-state index >= 15 is 0 Å². The Morgan fingerprint density at radius 3 is 2.05 bits per heavy atom. The van der Waals surface area contributed by atoms with Gasteiger partial charge in [-0.2, -0.15) is 6.08 Å². The molecule has 2 rings (SSSR count). The Morgan fingerprint density at radius 2 is 1.63 bits per heavy atom. The maximum atomic E-state index is 3.50. The van der Waals surface area contributed by atoms with Crippen LogP contribution < -0.4 is 0 Å². The second-order valence-corrected chi connectivity index (χ2v) is 4.35. The van der Waals surface area contributed by atoms with Gasteiger partial charge in [0.1, 0.15) is 0 Å². The van der Waals surface area contributed by atoms with E-state index in [1.54, 1.807) is 0 Å². The molecule has 0 aliphatic heterocycles. The van der Waals surface area contributed by atoms with Crippen molar-refractivity contribution in [3.8, 4) is 0 Å². The van der Waals surface area contributed by atoms with Gasteiger partial charge in [0, 0.05) is 26.2 Å². The van der Waals surface area contributed by atoms with Crippen LogP contribution in [0.4, 0.5) is 0 Å². The summed E-state index contributed by atoms with van der Waals surface area (Å²) in [5.74, 6) is 0. The topological polar surface area (TPSA) is 0 Å². The summed E-state index contributed by atoms with van der Waals surface area (Å²) in [5.41, 5.74) is 2.98. The monoisotopic (exact) mass is 373 g/mol. The molecule has 1 aliphatic rings. The molecule has 0 nitrogen and oxygen atoms in total. The van der Waals surface area contributed by atoms with Crippen LogP contribution in [-0.2, 0) is 31.6 Å². The van der Waals surface area contributed by atoms with Crippen molar-refractivity contribution in [2.45, 2.75) is 38.5 Å². The molecule has 104 valence electrons. The van der Waals surface area contributed by atoms with E-state index in [0.29, 0.717) is 0 Å². The Hall–Kier alpha value is 0.163. The van der Waals surface area contributed by atoms with Gasteiger partial charge < -0.3 is 0 Å². The first kappa shape index (κ1) is 21.5. The molecule has 0 N–H and O–H groups in total. The number of allylic oxidation sites excluding steroid dienone is 4. The van der Waals surface area contributed by atoms with Crippen molar-refractivity contribution in [3.05, 3.63) is 59.7 Å². The van der Waals surface area contributed by atoms with Gasteiger partial charge in [0.25, 0.3) is 0 Å². The van der Waals surface area contributed by atoms with Gasteiger partial charge in [-0.1, -0.05) is 44.2 Å². The van der Waals surface area contributed by atoms with Gasteiger partial charge in [-0.25, -0.2) is 11.6 Å². The summed E-state index contributed by atoms with van der Waals surface area (Å²) < 4.78 is 0. The molecule has 0 saturated heterocycles. The quantitative estimate of drug-likeness (QED) is 0.629. The molecule has 0 aromatic heterocycles. The zero-order chi connectivity index (χ0) is 11.4. The molecular weight excluding hydrogens is 354 g/mol. The second-order valence-electron chi connectivity index (χ2n) is 4.35. The fraction of sp³-hybridized carbons (Fsp3) is 0.375. The molecule has 0 radical (unpaired) electrons. The van der Waals surface area contributed by atoms with Gasteiger partial charge in [0.15, 0.2) is 0 Å². The summed E-state index contributed by atoms with van der Waals surface area (Å²) >= 11 is 0. The number of halogens is 2. The fourth-order valence-corrected chi connectivity index (χ4v) is 2.69. The van der Waals surface area contributed by atoms with Crippen molar-refractivity contribution in [1.82, 2.24) is 0 Å². The van der Waals surface area contributed by atoms with Crippen LogP contribution in [0.15, 0.2) is 48.1 Å². The molecule has 0 unspecified atom stereocenters. The van der Waals surface area contributed by atoms with E-state index in [0.717, 1.165) is 19.3 Å². The number of hydrogen-bond acceptors (Lipinski definition) is 0. The van der Waals surface area contributed by atoms with Crippen molar-refractivity contribution in [2.24, 2.45) is 0 Å². The van der Waals surface area contributed by atoms with Crippen molar-refractivity contribution in [2.75, 3.05) is 0 Å². The minimum absolute atomic E-state index is 0. The summed E-state index contributed by atoms with van der Waals surface area (Å²) in [6.45, 7) is 4.55. The Balaban J connectivity index is 0. The molecule has 0 heterocycles. The maximum absolute atomic E-state index is 3.50. The molecule has 0 atom stereocenters. The van der Waals surface area contributed by atoms with Crippen LogP contribution in [0.25, 0.3) is 0 Å². The third kappa shape index (κ3) is 4.31. The minimum atomic E-state index is 0. The normalized spacial score (nSPS) is 12.8. The minimum Gasteiger partial charge on any atom is -0.269 e. The largest absolute Gasteiger partial charge is 0.269 e. The summed E-state index contributed by atoms with van der Waals surface area (Å²) in [6.07, 6.45) is 11.2. The van der Waals surface area contributed by atoms with Crippen LogP contribution in [-0.4, -0.2) is 0 Å². The Labute approximate surface area is 148 Å². The van der Waals surface area contributed by atoms with Crippen LogP contribution in [0.1, 0.15) is 38.7 Å². The van der Waals surface area contributed by atoms with Crippen molar-refractivity contribution in [1.29, 1.82) is 0 Å². The number of hydrogen-bond donors (Lipinski definition) is 0. The zero-order valence-electron chi connectivity index (χ0n) is 11.5. The molecule has 3 heteroatoms. The van der Waals surface area contributed by atoms with Crippen LogP contribution in [0.5, 0.6) is 0 Å². The summed E-state index contributed by atoms with van der Waals surface area (Å²) in [7, 11) is 0. The van der Waals surface area contributed by atoms with Crippen LogP contribution in [0, 0.1) is 6.08 Å².